The first kappa shape index (κ1) is 85.5. The monoisotopic (exact) mass is 1040 g/mol. The van der Waals surface area contributed by atoms with Crippen LogP contribution in [0.2, 0.25) is 0 Å². The van der Waals surface area contributed by atoms with Gasteiger partial charge in [-0.2, -0.15) is 0 Å². The molecule has 0 atom stereocenters. The Kier molecular flexibility index (Phi) is 73.7. The molecule has 0 saturated carbocycles. The predicted octanol–water partition coefficient (Wildman–Crippen LogP) is -2.03. The van der Waals surface area contributed by atoms with E-state index < -0.39 is 84.6 Å². The maximum absolute atomic E-state index is 10.2. The Bertz CT molecular complexity index is 1180. The molecule has 2 N–H and O–H groups in total. The first-order valence-corrected chi connectivity index (χ1v) is 24.2. The van der Waals surface area contributed by atoms with Gasteiger partial charge < -0.3 is 89.4 Å². The fourth-order valence-electron chi connectivity index (χ4n) is 6.65. The molecule has 0 aromatic carbocycles. The fraction of sp³-hybridized carbons (Fsp3) is 0.833. The van der Waals surface area contributed by atoms with Crippen molar-refractivity contribution in [1.82, 2.24) is 0 Å². The van der Waals surface area contributed by atoms with Crippen LogP contribution in [0.5, 0.6) is 0 Å². The van der Waals surface area contributed by atoms with Crippen molar-refractivity contribution in [2.45, 2.75) is 256 Å². The van der Waals surface area contributed by atoms with Gasteiger partial charge in [0.1, 0.15) is 11.2 Å². The molecule has 0 radical (unpaired) electrons. The summed E-state index contributed by atoms with van der Waals surface area (Å²) in [7, 11) is 0. The molecule has 0 heterocycles. The molecule has 0 spiro atoms. The molecule has 388 valence electrons. The number of rotatable bonds is 42. The minimum Gasteiger partial charge on any atom is -0.550 e. The number of aliphatic hydroxyl groups is 2. The number of carbonyl (C=O) groups excluding carboxylic acids is 8. The summed E-state index contributed by atoms with van der Waals surface area (Å²) in [6.45, 7) is 4.53. The third-order valence-electron chi connectivity index (χ3n) is 10.5. The number of hydrogen-bond donors (Lipinski definition) is 2. The van der Waals surface area contributed by atoms with Crippen LogP contribution in [-0.2, 0) is 38.4 Å². The molecule has 18 nitrogen and oxygen atoms in total. The van der Waals surface area contributed by atoms with Gasteiger partial charge in [0.2, 0.25) is 0 Å². The molecule has 0 aromatic heterocycles. The summed E-state index contributed by atoms with van der Waals surface area (Å²) in [5, 5.41) is 98.3. The van der Waals surface area contributed by atoms with Crippen molar-refractivity contribution in [2.24, 2.45) is 0 Å². The smallest absolute Gasteiger partial charge is 0.550 e. The summed E-state index contributed by atoms with van der Waals surface area (Å²) >= 11 is 0. The van der Waals surface area contributed by atoms with Crippen LogP contribution in [0.15, 0.2) is 0 Å². The van der Waals surface area contributed by atoms with E-state index in [0.29, 0.717) is 0 Å². The number of hydrogen-bond acceptors (Lipinski definition) is 18. The van der Waals surface area contributed by atoms with Gasteiger partial charge in [0.15, 0.2) is 0 Å². The largest absolute Gasteiger partial charge is 2.00 e. The van der Waals surface area contributed by atoms with E-state index >= 15 is 0 Å². The molecule has 0 amide bonds. The number of aliphatic carboxylic acids is 8. The van der Waals surface area contributed by atoms with Crippen LogP contribution < -0.4 is 40.9 Å². The number of carboxylic acid groups (broad SMARTS) is 8. The SMILES string of the molecule is CCCCCCCCCCCCCCCCCC(=O)[O-].CCCCCCCCCCCCCCCCCC(=O)[O-].O=C([O-])CC(O)(CC(=O)[O-])C(=O)[O-].O=C([O-])CC(O)(CC(=O)[O-])C(=O)[O-].[Mg+2].[Mg+2].[Mg+2].[Mg+2]. The second-order valence-corrected chi connectivity index (χ2v) is 17.0. The zero-order chi connectivity index (χ0) is 51.1. The molecule has 0 aromatic rings. The van der Waals surface area contributed by atoms with Crippen LogP contribution in [0.4, 0.5) is 0 Å². The molecule has 0 fully saturated rings. The van der Waals surface area contributed by atoms with E-state index in [1.165, 1.54) is 167 Å². The number of unbranched alkanes of at least 4 members (excludes halogenated alkanes) is 28. The molecule has 22 heteroatoms. The third-order valence-corrected chi connectivity index (χ3v) is 10.5. The fourth-order valence-corrected chi connectivity index (χ4v) is 6.65. The average molecular weight is 1040 g/mol. The van der Waals surface area contributed by atoms with Gasteiger partial charge in [-0.1, -0.05) is 194 Å². The van der Waals surface area contributed by atoms with Gasteiger partial charge in [0, 0.05) is 61.5 Å². The van der Waals surface area contributed by atoms with Gasteiger partial charge in [-0.05, 0) is 25.7 Å². The average Bonchev–Trinajstić information content (AvgIpc) is 3.20. The Labute approximate surface area is 481 Å². The Morgan fingerprint density at radius 3 is 0.529 bits per heavy atom. The van der Waals surface area contributed by atoms with E-state index in [-0.39, 0.29) is 105 Å². The number of carbonyl (C=O) groups is 8. The molecule has 70 heavy (non-hydrogen) atoms. The van der Waals surface area contributed by atoms with E-state index in [1.54, 1.807) is 0 Å². The molecule has 0 unspecified atom stereocenters. The minimum atomic E-state index is -2.97. The second-order valence-electron chi connectivity index (χ2n) is 17.0. The first-order chi connectivity index (χ1) is 31.1. The summed E-state index contributed by atoms with van der Waals surface area (Å²) in [5.41, 5.74) is -5.95. The molecule has 0 bridgehead atoms. The summed E-state index contributed by atoms with van der Waals surface area (Å²) in [6.07, 6.45) is 34.3. The molecular formula is C48H80Mg4O18. The topological polar surface area (TPSA) is 361 Å². The molecule has 0 saturated heterocycles. The van der Waals surface area contributed by atoms with Gasteiger partial charge in [0.05, 0.1) is 11.9 Å². The Morgan fingerprint density at radius 1 is 0.271 bits per heavy atom. The van der Waals surface area contributed by atoms with Crippen molar-refractivity contribution in [1.29, 1.82) is 0 Å². The van der Waals surface area contributed by atoms with Crippen molar-refractivity contribution in [3.8, 4) is 0 Å². The molecule has 0 aliphatic rings. The van der Waals surface area contributed by atoms with Crippen molar-refractivity contribution >= 4 is 140 Å². The van der Waals surface area contributed by atoms with E-state index in [9.17, 15) is 79.2 Å². The first-order valence-electron chi connectivity index (χ1n) is 24.2. The van der Waals surface area contributed by atoms with Crippen molar-refractivity contribution in [2.75, 3.05) is 0 Å². The Hall–Kier alpha value is -1.26. The van der Waals surface area contributed by atoms with Gasteiger partial charge in [-0.25, -0.2) is 0 Å². The molecular weight excluding hydrogens is 962 g/mol. The third kappa shape index (κ3) is 68.8. The van der Waals surface area contributed by atoms with Crippen LogP contribution in [-0.4, -0.2) is 161 Å². The zero-order valence-electron chi connectivity index (χ0n) is 42.7. The van der Waals surface area contributed by atoms with Crippen molar-refractivity contribution in [3.05, 3.63) is 0 Å². The Morgan fingerprint density at radius 2 is 0.414 bits per heavy atom. The maximum Gasteiger partial charge on any atom is 2.00 e. The maximum atomic E-state index is 10.2. The van der Waals surface area contributed by atoms with Gasteiger partial charge in [-0.3, -0.25) is 0 Å². The van der Waals surface area contributed by atoms with E-state index in [0.717, 1.165) is 25.7 Å². The van der Waals surface area contributed by atoms with Gasteiger partial charge >= 0.3 is 92.2 Å². The van der Waals surface area contributed by atoms with Crippen LogP contribution >= 0.6 is 0 Å². The number of carboxylic acids is 8. The van der Waals surface area contributed by atoms with Crippen LogP contribution in [0.25, 0.3) is 0 Å². The van der Waals surface area contributed by atoms with Crippen molar-refractivity contribution in [3.63, 3.8) is 0 Å². The summed E-state index contributed by atoms with van der Waals surface area (Å²) in [4.78, 5) is 80.4. The molecule has 0 rings (SSSR count). The van der Waals surface area contributed by atoms with Gasteiger partial charge in [-0.15, -0.1) is 0 Å². The summed E-state index contributed by atoms with van der Waals surface area (Å²) in [6, 6.07) is 0. The van der Waals surface area contributed by atoms with E-state index in [4.69, 9.17) is 10.2 Å². The van der Waals surface area contributed by atoms with Crippen LogP contribution in [0.3, 0.4) is 0 Å². The minimum absolute atomic E-state index is 0. The quantitative estimate of drug-likeness (QED) is 0.0492. The van der Waals surface area contributed by atoms with E-state index in [2.05, 4.69) is 13.8 Å². The second kappa shape index (κ2) is 60.3. The standard InChI is InChI=1S/2C18H36O2.2C6H8O7.4Mg/c2*1-2-3-4-5-6-7-8-9-10-11-12-13-14-15-16-17-18(19)20;2*7-3(8)1-6(13,5(11)12)2-4(9)10;;;;/h2*2-17H2,1H3,(H,19,20);2*13H,1-2H2,(H,7,8)(H,9,10)(H,11,12);;;;/q;;;;4*+2/p-8. The molecule has 0 aliphatic carbocycles. The van der Waals surface area contributed by atoms with Crippen molar-refractivity contribution < 1.29 is 89.4 Å². The predicted molar refractivity (Wildman–Crippen MR) is 251 cm³/mol. The Balaban J connectivity index is -0.000000122. The molecule has 0 aliphatic heterocycles. The van der Waals surface area contributed by atoms with Gasteiger partial charge in [0.25, 0.3) is 0 Å². The zero-order valence-corrected chi connectivity index (χ0v) is 48.4. The summed E-state index contributed by atoms with van der Waals surface area (Å²) < 4.78 is 0. The van der Waals surface area contributed by atoms with Crippen LogP contribution in [0.1, 0.15) is 245 Å². The summed E-state index contributed by atoms with van der Waals surface area (Å²) in [5.74, 6) is -13.8. The normalized spacial score (nSPS) is 10.2. The van der Waals surface area contributed by atoms with Crippen LogP contribution in [0, 0.1) is 0 Å². The van der Waals surface area contributed by atoms with E-state index in [1.807, 2.05) is 0 Å².